The van der Waals surface area contributed by atoms with Crippen LogP contribution >= 0.6 is 0 Å². The van der Waals surface area contributed by atoms with Gasteiger partial charge in [-0.3, -0.25) is 4.79 Å². The molecule has 0 saturated heterocycles. The summed E-state index contributed by atoms with van der Waals surface area (Å²) >= 11 is 0. The van der Waals surface area contributed by atoms with Crippen molar-refractivity contribution in [2.24, 2.45) is 0 Å². The number of nitrogens with zero attached hydrogens (tertiary/aromatic N) is 1. The molecular weight excluding hydrogens is 228 g/mol. The van der Waals surface area contributed by atoms with Crippen molar-refractivity contribution in [1.82, 2.24) is 15.2 Å². The second-order valence-electron chi connectivity index (χ2n) is 4.57. The van der Waals surface area contributed by atoms with Crippen LogP contribution in [0.1, 0.15) is 10.4 Å². The highest BCUT2D eigenvalue weighted by Gasteiger charge is 2.11. The minimum absolute atomic E-state index is 0.0753. The van der Waals surface area contributed by atoms with Crippen LogP contribution in [0.4, 0.5) is 5.69 Å². The Labute approximate surface area is 106 Å². The summed E-state index contributed by atoms with van der Waals surface area (Å²) in [4.78, 5) is 17.1. The van der Waals surface area contributed by atoms with Crippen molar-refractivity contribution in [2.45, 2.75) is 0 Å². The summed E-state index contributed by atoms with van der Waals surface area (Å²) in [6.45, 7) is 1.44. The largest absolute Gasteiger partial charge is 0.399 e. The van der Waals surface area contributed by atoms with E-state index in [0.717, 1.165) is 17.4 Å². The lowest BCUT2D eigenvalue weighted by molar-refractivity contribution is 0.0953. The Bertz CT molecular complexity index is 559. The van der Waals surface area contributed by atoms with Gasteiger partial charge in [-0.15, -0.1) is 0 Å². The second kappa shape index (κ2) is 5.10. The van der Waals surface area contributed by atoms with Gasteiger partial charge in [0.05, 0.1) is 5.56 Å². The highest BCUT2D eigenvalue weighted by molar-refractivity contribution is 6.07. The number of nitrogens with two attached hydrogens (primary N) is 1. The van der Waals surface area contributed by atoms with Gasteiger partial charge in [0.15, 0.2) is 0 Å². The van der Waals surface area contributed by atoms with Gasteiger partial charge >= 0.3 is 0 Å². The van der Waals surface area contributed by atoms with Crippen LogP contribution in [0.15, 0.2) is 24.4 Å². The van der Waals surface area contributed by atoms with Crippen molar-refractivity contribution in [2.75, 3.05) is 32.9 Å². The standard InChI is InChI=1S/C13H18N4O/c1-17(2)6-5-15-13(18)11-8-16-12-4-3-9(14)7-10(11)12/h3-4,7-8,16H,5-6,14H2,1-2H3,(H,15,18). The minimum Gasteiger partial charge on any atom is -0.399 e. The Morgan fingerprint density at radius 2 is 2.22 bits per heavy atom. The predicted octanol–water partition coefficient (Wildman–Crippen LogP) is 1.04. The number of carbonyl (C=O) groups excluding carboxylic acids is 1. The number of carbonyl (C=O) groups is 1. The number of likely N-dealkylation sites (N-methyl/N-ethyl adjacent to an activating group) is 1. The van der Waals surface area contributed by atoms with E-state index >= 15 is 0 Å². The van der Waals surface area contributed by atoms with Crippen molar-refractivity contribution in [3.63, 3.8) is 0 Å². The van der Waals surface area contributed by atoms with Crippen LogP contribution < -0.4 is 11.1 Å². The highest BCUT2D eigenvalue weighted by atomic mass is 16.1. The molecular formula is C13H18N4O. The number of nitrogens with one attached hydrogen (secondary N) is 2. The van der Waals surface area contributed by atoms with Gasteiger partial charge in [0.25, 0.3) is 5.91 Å². The average molecular weight is 246 g/mol. The summed E-state index contributed by atoms with van der Waals surface area (Å²) < 4.78 is 0. The molecule has 1 heterocycles. The maximum absolute atomic E-state index is 12.0. The zero-order valence-electron chi connectivity index (χ0n) is 10.7. The van der Waals surface area contributed by atoms with Crippen LogP contribution in [0.2, 0.25) is 0 Å². The van der Waals surface area contributed by atoms with Gasteiger partial charge in [-0.25, -0.2) is 0 Å². The van der Waals surface area contributed by atoms with E-state index in [9.17, 15) is 4.79 Å². The second-order valence-corrected chi connectivity index (χ2v) is 4.57. The Hall–Kier alpha value is -2.01. The summed E-state index contributed by atoms with van der Waals surface area (Å²) in [7, 11) is 3.94. The molecule has 0 radical (unpaired) electrons. The van der Waals surface area contributed by atoms with Crippen LogP contribution in [0, 0.1) is 0 Å². The van der Waals surface area contributed by atoms with E-state index in [0.29, 0.717) is 17.8 Å². The fourth-order valence-electron chi connectivity index (χ4n) is 1.81. The number of H-pyrrole nitrogens is 1. The molecule has 1 aromatic heterocycles. The van der Waals surface area contributed by atoms with E-state index in [1.807, 2.05) is 37.2 Å². The van der Waals surface area contributed by atoms with Gasteiger partial charge in [-0.05, 0) is 32.3 Å². The average Bonchev–Trinajstić information content (AvgIpc) is 2.71. The third kappa shape index (κ3) is 2.62. The number of hydrogen-bond acceptors (Lipinski definition) is 3. The first-order valence-corrected chi connectivity index (χ1v) is 5.87. The first-order chi connectivity index (χ1) is 8.58. The van der Waals surface area contributed by atoms with E-state index in [4.69, 9.17) is 5.73 Å². The molecule has 0 spiro atoms. The molecule has 0 aliphatic heterocycles. The molecule has 0 atom stereocenters. The SMILES string of the molecule is CN(C)CCNC(=O)c1c[nH]c2ccc(N)cc12. The van der Waals surface area contributed by atoms with Gasteiger partial charge in [-0.1, -0.05) is 0 Å². The number of hydrogen-bond donors (Lipinski definition) is 3. The molecule has 96 valence electrons. The van der Waals surface area contributed by atoms with Crippen LogP contribution in [0.25, 0.3) is 10.9 Å². The molecule has 2 rings (SSSR count). The van der Waals surface area contributed by atoms with Gasteiger partial charge in [-0.2, -0.15) is 0 Å². The molecule has 0 bridgehead atoms. The minimum atomic E-state index is -0.0753. The van der Waals surface area contributed by atoms with E-state index in [-0.39, 0.29) is 5.91 Å². The number of fused-ring (bicyclic) bond motifs is 1. The molecule has 0 unspecified atom stereocenters. The van der Waals surface area contributed by atoms with Crippen LogP contribution in [0.5, 0.6) is 0 Å². The van der Waals surface area contributed by atoms with Crippen molar-refractivity contribution >= 4 is 22.5 Å². The summed E-state index contributed by atoms with van der Waals surface area (Å²) in [6.07, 6.45) is 1.72. The molecule has 5 heteroatoms. The number of aromatic nitrogens is 1. The zero-order valence-corrected chi connectivity index (χ0v) is 10.7. The molecule has 1 amide bonds. The lowest BCUT2D eigenvalue weighted by atomic mass is 10.1. The molecule has 1 aromatic carbocycles. The molecule has 2 aromatic rings. The summed E-state index contributed by atoms with van der Waals surface area (Å²) in [5.41, 5.74) is 7.95. The van der Waals surface area contributed by atoms with Gasteiger partial charge in [0.2, 0.25) is 0 Å². The molecule has 0 aliphatic carbocycles. The summed E-state index contributed by atoms with van der Waals surface area (Å²) in [6, 6.07) is 5.50. The first-order valence-electron chi connectivity index (χ1n) is 5.87. The third-order valence-electron chi connectivity index (χ3n) is 2.80. The molecule has 4 N–H and O–H groups in total. The van der Waals surface area contributed by atoms with E-state index < -0.39 is 0 Å². The van der Waals surface area contributed by atoms with Crippen LogP contribution in [0.3, 0.4) is 0 Å². The Kier molecular flexibility index (Phi) is 3.53. The Morgan fingerprint density at radius 3 is 2.94 bits per heavy atom. The maximum atomic E-state index is 12.0. The smallest absolute Gasteiger partial charge is 0.253 e. The zero-order chi connectivity index (χ0) is 13.1. The van der Waals surface area contributed by atoms with Crippen molar-refractivity contribution in [3.8, 4) is 0 Å². The number of benzene rings is 1. The molecule has 0 aliphatic rings. The number of anilines is 1. The Morgan fingerprint density at radius 1 is 1.44 bits per heavy atom. The summed E-state index contributed by atoms with van der Waals surface area (Å²) in [5.74, 6) is -0.0753. The number of rotatable bonds is 4. The lowest BCUT2D eigenvalue weighted by Crippen LogP contribution is -2.31. The van der Waals surface area contributed by atoms with Crippen molar-refractivity contribution in [1.29, 1.82) is 0 Å². The Balaban J connectivity index is 2.15. The maximum Gasteiger partial charge on any atom is 0.253 e. The molecule has 0 saturated carbocycles. The fraction of sp³-hybridized carbons (Fsp3) is 0.308. The van der Waals surface area contributed by atoms with Crippen LogP contribution in [-0.2, 0) is 0 Å². The predicted molar refractivity (Wildman–Crippen MR) is 73.6 cm³/mol. The topological polar surface area (TPSA) is 74.2 Å². The lowest BCUT2D eigenvalue weighted by Gasteiger charge is -2.10. The highest BCUT2D eigenvalue weighted by Crippen LogP contribution is 2.20. The molecule has 5 nitrogen and oxygen atoms in total. The number of amides is 1. The number of aromatic amines is 1. The summed E-state index contributed by atoms with van der Waals surface area (Å²) in [5, 5.41) is 3.75. The van der Waals surface area contributed by atoms with Crippen molar-refractivity contribution in [3.05, 3.63) is 30.0 Å². The van der Waals surface area contributed by atoms with E-state index in [1.165, 1.54) is 0 Å². The molecule has 0 fully saturated rings. The van der Waals surface area contributed by atoms with Gasteiger partial charge in [0.1, 0.15) is 0 Å². The number of nitrogen functional groups attached to an aromatic ring is 1. The quantitative estimate of drug-likeness (QED) is 0.706. The van der Waals surface area contributed by atoms with Crippen molar-refractivity contribution < 1.29 is 4.79 Å². The van der Waals surface area contributed by atoms with Gasteiger partial charge < -0.3 is 20.9 Å². The third-order valence-corrected chi connectivity index (χ3v) is 2.80. The van der Waals surface area contributed by atoms with Gasteiger partial charge in [0, 0.05) is 35.9 Å². The van der Waals surface area contributed by atoms with E-state index in [1.54, 1.807) is 6.20 Å². The fourth-order valence-corrected chi connectivity index (χ4v) is 1.81. The monoisotopic (exact) mass is 246 g/mol. The molecule has 18 heavy (non-hydrogen) atoms. The normalized spacial score (nSPS) is 11.1. The van der Waals surface area contributed by atoms with Crippen LogP contribution in [-0.4, -0.2) is 43.0 Å². The first kappa shape index (κ1) is 12.4. The van der Waals surface area contributed by atoms with E-state index in [2.05, 4.69) is 10.3 Å².